The molecule has 3 aromatic carbocycles. The lowest BCUT2D eigenvalue weighted by Gasteiger charge is -2.34. The molecule has 1 aliphatic heterocycles. The normalized spacial score (nSPS) is 15.2. The maximum absolute atomic E-state index is 13.4. The van der Waals surface area contributed by atoms with E-state index in [4.69, 9.17) is 21.1 Å². The molecule has 1 atom stereocenters. The van der Waals surface area contributed by atoms with Gasteiger partial charge in [0.05, 0.1) is 29.8 Å². The number of anilines is 2. The topological polar surface area (TPSA) is 102 Å². The molecule has 0 saturated carbocycles. The molecule has 10 heteroatoms. The van der Waals surface area contributed by atoms with Crippen LogP contribution >= 0.6 is 11.6 Å². The smallest absolute Gasteiger partial charge is 0.337 e. The number of para-hydroxylation sites is 2. The number of amides is 1. The van der Waals surface area contributed by atoms with Gasteiger partial charge in [-0.3, -0.25) is 9.10 Å². The fraction of sp³-hybridized carbons (Fsp3) is 0.130. The van der Waals surface area contributed by atoms with E-state index >= 15 is 0 Å². The Bertz CT molecular complexity index is 1310. The molecule has 170 valence electrons. The summed E-state index contributed by atoms with van der Waals surface area (Å²) in [5, 5.41) is 3.08. The average molecular weight is 487 g/mol. The van der Waals surface area contributed by atoms with E-state index in [2.05, 4.69) is 5.32 Å². The zero-order valence-corrected chi connectivity index (χ0v) is 19.0. The number of sulfonamides is 1. The van der Waals surface area contributed by atoms with E-state index in [1.165, 1.54) is 37.4 Å². The SMILES string of the molecule is COC(=O)c1cccc(NC(=O)C2CN(S(=O)(=O)c3ccc(Cl)cc3)c3ccccc3O2)c1. The van der Waals surface area contributed by atoms with Crippen LogP contribution in [0.5, 0.6) is 5.75 Å². The van der Waals surface area contributed by atoms with Gasteiger partial charge in [0.15, 0.2) is 6.10 Å². The van der Waals surface area contributed by atoms with Gasteiger partial charge in [0.2, 0.25) is 0 Å². The number of methoxy groups -OCH3 is 1. The highest BCUT2D eigenvalue weighted by atomic mass is 35.5. The average Bonchev–Trinajstić information content (AvgIpc) is 2.83. The molecule has 0 radical (unpaired) electrons. The lowest BCUT2D eigenvalue weighted by molar-refractivity contribution is -0.122. The second-order valence-electron chi connectivity index (χ2n) is 7.13. The molecule has 1 heterocycles. The summed E-state index contributed by atoms with van der Waals surface area (Å²) >= 11 is 5.90. The molecule has 0 fully saturated rings. The van der Waals surface area contributed by atoms with Gasteiger partial charge in [0, 0.05) is 10.7 Å². The first-order chi connectivity index (χ1) is 15.8. The summed E-state index contributed by atoms with van der Waals surface area (Å²) in [7, 11) is -2.74. The molecule has 1 N–H and O–H groups in total. The van der Waals surface area contributed by atoms with Crippen molar-refractivity contribution < 1.29 is 27.5 Å². The van der Waals surface area contributed by atoms with Gasteiger partial charge >= 0.3 is 5.97 Å². The van der Waals surface area contributed by atoms with E-state index in [0.717, 1.165) is 4.31 Å². The van der Waals surface area contributed by atoms with Crippen LogP contribution < -0.4 is 14.4 Å². The lowest BCUT2D eigenvalue weighted by Crippen LogP contribution is -2.48. The van der Waals surface area contributed by atoms with Gasteiger partial charge in [-0.2, -0.15) is 0 Å². The minimum absolute atomic E-state index is 0.0357. The van der Waals surface area contributed by atoms with E-state index in [-0.39, 0.29) is 22.8 Å². The van der Waals surface area contributed by atoms with Gasteiger partial charge in [-0.1, -0.05) is 29.8 Å². The molecule has 0 spiro atoms. The molecule has 0 saturated heterocycles. The van der Waals surface area contributed by atoms with Gasteiger partial charge < -0.3 is 14.8 Å². The number of rotatable bonds is 5. The number of halogens is 1. The minimum Gasteiger partial charge on any atom is -0.476 e. The summed E-state index contributed by atoms with van der Waals surface area (Å²) < 4.78 is 38.4. The molecule has 1 amide bonds. The van der Waals surface area contributed by atoms with Crippen LogP contribution in [0.3, 0.4) is 0 Å². The first-order valence-electron chi connectivity index (χ1n) is 9.83. The summed E-state index contributed by atoms with van der Waals surface area (Å²) in [5.74, 6) is -0.859. The van der Waals surface area contributed by atoms with Crippen LogP contribution in [0.15, 0.2) is 77.7 Å². The van der Waals surface area contributed by atoms with Gasteiger partial charge in [0.1, 0.15) is 5.75 Å². The number of fused-ring (bicyclic) bond motifs is 1. The third-order valence-corrected chi connectivity index (χ3v) is 7.03. The van der Waals surface area contributed by atoms with Crippen molar-refractivity contribution in [1.82, 2.24) is 0 Å². The fourth-order valence-corrected chi connectivity index (χ4v) is 4.97. The van der Waals surface area contributed by atoms with Crippen molar-refractivity contribution in [3.8, 4) is 5.75 Å². The Morgan fingerprint density at radius 1 is 1.06 bits per heavy atom. The van der Waals surface area contributed by atoms with Crippen molar-refractivity contribution in [2.45, 2.75) is 11.0 Å². The molecule has 1 aliphatic rings. The number of benzene rings is 3. The van der Waals surface area contributed by atoms with Crippen LogP contribution in [-0.2, 0) is 19.6 Å². The highest BCUT2D eigenvalue weighted by Gasteiger charge is 2.37. The van der Waals surface area contributed by atoms with Crippen LogP contribution in [-0.4, -0.2) is 40.1 Å². The number of nitrogens with zero attached hydrogens (tertiary/aromatic N) is 1. The second kappa shape index (κ2) is 9.13. The quantitative estimate of drug-likeness (QED) is 0.551. The Kier molecular flexibility index (Phi) is 6.26. The van der Waals surface area contributed by atoms with Crippen molar-refractivity contribution in [3.63, 3.8) is 0 Å². The number of hydrogen-bond acceptors (Lipinski definition) is 6. The molecule has 1 unspecified atom stereocenters. The third kappa shape index (κ3) is 4.64. The van der Waals surface area contributed by atoms with Crippen molar-refractivity contribution >= 4 is 44.9 Å². The Morgan fingerprint density at radius 2 is 1.79 bits per heavy atom. The molecule has 33 heavy (non-hydrogen) atoms. The number of carbonyl (C=O) groups is 2. The van der Waals surface area contributed by atoms with E-state index < -0.39 is 28.0 Å². The van der Waals surface area contributed by atoms with Crippen LogP contribution in [0, 0.1) is 0 Å². The maximum Gasteiger partial charge on any atom is 0.337 e. The predicted molar refractivity (Wildman–Crippen MR) is 123 cm³/mol. The molecule has 8 nitrogen and oxygen atoms in total. The largest absolute Gasteiger partial charge is 0.476 e. The number of esters is 1. The lowest BCUT2D eigenvalue weighted by atomic mass is 10.2. The molecule has 0 aromatic heterocycles. The maximum atomic E-state index is 13.4. The Balaban J connectivity index is 1.63. The van der Waals surface area contributed by atoms with Gasteiger partial charge in [-0.25, -0.2) is 13.2 Å². The number of nitrogens with one attached hydrogen (secondary N) is 1. The summed E-state index contributed by atoms with van der Waals surface area (Å²) in [6.07, 6.45) is -1.14. The first-order valence-corrected chi connectivity index (χ1v) is 11.6. The third-order valence-electron chi connectivity index (χ3n) is 4.98. The molecule has 4 rings (SSSR count). The molecule has 3 aromatic rings. The van der Waals surface area contributed by atoms with Crippen molar-refractivity contribution in [2.24, 2.45) is 0 Å². The van der Waals surface area contributed by atoms with Crippen molar-refractivity contribution in [2.75, 3.05) is 23.3 Å². The van der Waals surface area contributed by atoms with Crippen molar-refractivity contribution in [3.05, 3.63) is 83.4 Å². The predicted octanol–water partition coefficient (Wildman–Crippen LogP) is 3.72. The molecular formula is C23H19ClN2O6S. The number of hydrogen-bond donors (Lipinski definition) is 1. The van der Waals surface area contributed by atoms with E-state index in [1.807, 2.05) is 0 Å². The van der Waals surface area contributed by atoms with Gasteiger partial charge in [-0.05, 0) is 54.6 Å². The molecule has 0 bridgehead atoms. The summed E-state index contributed by atoms with van der Waals surface area (Å²) in [4.78, 5) is 24.8. The first kappa shape index (κ1) is 22.6. The highest BCUT2D eigenvalue weighted by molar-refractivity contribution is 7.92. The highest BCUT2D eigenvalue weighted by Crippen LogP contribution is 2.37. The molecular weight excluding hydrogens is 468 g/mol. The standard InChI is InChI=1S/C23H19ClN2O6S/c1-31-23(28)15-5-4-6-17(13-15)25-22(27)21-14-26(19-7-2-3-8-20(19)32-21)33(29,30)18-11-9-16(24)10-12-18/h2-13,21H,14H2,1H3,(H,25,27). The second-order valence-corrected chi connectivity index (χ2v) is 9.42. The fourth-order valence-electron chi connectivity index (χ4n) is 3.36. The summed E-state index contributed by atoms with van der Waals surface area (Å²) in [6, 6.07) is 18.6. The monoisotopic (exact) mass is 486 g/mol. The van der Waals surface area contributed by atoms with Crippen molar-refractivity contribution in [1.29, 1.82) is 0 Å². The summed E-state index contributed by atoms with van der Waals surface area (Å²) in [6.45, 7) is -0.246. The van der Waals surface area contributed by atoms with Crippen LogP contribution in [0.25, 0.3) is 0 Å². The van der Waals surface area contributed by atoms with E-state index in [1.54, 1.807) is 42.5 Å². The zero-order chi connectivity index (χ0) is 23.6. The Morgan fingerprint density at radius 3 is 2.52 bits per heavy atom. The zero-order valence-electron chi connectivity index (χ0n) is 17.4. The van der Waals surface area contributed by atoms with Crippen LogP contribution in [0.1, 0.15) is 10.4 Å². The number of ether oxygens (including phenoxy) is 2. The minimum atomic E-state index is -4.00. The Hall–Kier alpha value is -3.56. The van der Waals surface area contributed by atoms with E-state index in [0.29, 0.717) is 16.4 Å². The molecule has 0 aliphatic carbocycles. The van der Waals surface area contributed by atoms with E-state index in [9.17, 15) is 18.0 Å². The van der Waals surface area contributed by atoms with Crippen LogP contribution in [0.2, 0.25) is 5.02 Å². The summed E-state index contributed by atoms with van der Waals surface area (Å²) in [5.41, 5.74) is 0.929. The Labute approximate surface area is 195 Å². The van der Waals surface area contributed by atoms with Gasteiger partial charge in [-0.15, -0.1) is 0 Å². The van der Waals surface area contributed by atoms with Gasteiger partial charge in [0.25, 0.3) is 15.9 Å². The van der Waals surface area contributed by atoms with Crippen LogP contribution in [0.4, 0.5) is 11.4 Å². The number of carbonyl (C=O) groups excluding carboxylic acids is 2.